The standard InChI is InChI=1S/C13H12N2O4/c1-8-7-14-19-12(8)13(16)15-9-2-3-10-11(6-9)18-5-4-17-10/h2-3,6-7H,4-5H2,1H3,(H,15,16). The lowest BCUT2D eigenvalue weighted by Crippen LogP contribution is -2.16. The number of ether oxygens (including phenoxy) is 2. The highest BCUT2D eigenvalue weighted by molar-refractivity contribution is 6.03. The van der Waals surface area contributed by atoms with Gasteiger partial charge in [-0.05, 0) is 19.1 Å². The second-order valence-electron chi connectivity index (χ2n) is 4.15. The number of nitrogens with one attached hydrogen (secondary N) is 1. The number of fused-ring (bicyclic) bond motifs is 1. The van der Waals surface area contributed by atoms with Crippen molar-refractivity contribution in [3.8, 4) is 11.5 Å². The number of benzene rings is 1. The number of aryl methyl sites for hydroxylation is 1. The van der Waals surface area contributed by atoms with Crippen LogP contribution in [0.1, 0.15) is 16.1 Å². The Hall–Kier alpha value is -2.50. The van der Waals surface area contributed by atoms with Crippen molar-refractivity contribution in [3.63, 3.8) is 0 Å². The zero-order valence-electron chi connectivity index (χ0n) is 10.3. The third-order valence-electron chi connectivity index (χ3n) is 2.75. The molecular formula is C13H12N2O4. The van der Waals surface area contributed by atoms with E-state index < -0.39 is 0 Å². The first kappa shape index (κ1) is 11.6. The van der Waals surface area contributed by atoms with Gasteiger partial charge in [0.05, 0.1) is 6.20 Å². The van der Waals surface area contributed by atoms with Crippen molar-refractivity contribution in [1.82, 2.24) is 5.16 Å². The first-order valence-corrected chi connectivity index (χ1v) is 5.86. The zero-order valence-corrected chi connectivity index (χ0v) is 10.3. The predicted octanol–water partition coefficient (Wildman–Crippen LogP) is 2.01. The van der Waals surface area contributed by atoms with Gasteiger partial charge in [-0.3, -0.25) is 4.79 Å². The van der Waals surface area contributed by atoms with Gasteiger partial charge in [-0.2, -0.15) is 0 Å². The summed E-state index contributed by atoms with van der Waals surface area (Å²) < 4.78 is 15.7. The third-order valence-corrected chi connectivity index (χ3v) is 2.75. The molecule has 6 heteroatoms. The number of amides is 1. The maximum atomic E-state index is 11.9. The van der Waals surface area contributed by atoms with E-state index in [1.165, 1.54) is 6.20 Å². The van der Waals surface area contributed by atoms with E-state index in [9.17, 15) is 4.79 Å². The summed E-state index contributed by atoms with van der Waals surface area (Å²) in [5, 5.41) is 6.30. The van der Waals surface area contributed by atoms with E-state index >= 15 is 0 Å². The van der Waals surface area contributed by atoms with Crippen LogP contribution in [0.25, 0.3) is 0 Å². The molecular weight excluding hydrogens is 248 g/mol. The normalized spacial score (nSPS) is 13.1. The number of carbonyl (C=O) groups excluding carboxylic acids is 1. The van der Waals surface area contributed by atoms with Crippen molar-refractivity contribution in [2.75, 3.05) is 18.5 Å². The van der Waals surface area contributed by atoms with E-state index in [1.54, 1.807) is 25.1 Å². The Kier molecular flexibility index (Phi) is 2.83. The van der Waals surface area contributed by atoms with Gasteiger partial charge in [0.15, 0.2) is 11.5 Å². The minimum absolute atomic E-state index is 0.204. The summed E-state index contributed by atoms with van der Waals surface area (Å²) in [6.45, 7) is 2.80. The van der Waals surface area contributed by atoms with Crippen molar-refractivity contribution in [2.45, 2.75) is 6.92 Å². The Labute approximate surface area is 109 Å². The van der Waals surface area contributed by atoms with Gasteiger partial charge < -0.3 is 19.3 Å². The van der Waals surface area contributed by atoms with Crippen molar-refractivity contribution in [2.24, 2.45) is 0 Å². The second kappa shape index (κ2) is 4.64. The van der Waals surface area contributed by atoms with Gasteiger partial charge in [0, 0.05) is 17.3 Å². The highest BCUT2D eigenvalue weighted by atomic mass is 16.6. The van der Waals surface area contributed by atoms with Crippen LogP contribution in [0.2, 0.25) is 0 Å². The van der Waals surface area contributed by atoms with Crippen LogP contribution in [0, 0.1) is 6.92 Å². The highest BCUT2D eigenvalue weighted by Crippen LogP contribution is 2.32. The van der Waals surface area contributed by atoms with Gasteiger partial charge in [-0.15, -0.1) is 0 Å². The molecule has 1 amide bonds. The molecule has 0 spiro atoms. The zero-order chi connectivity index (χ0) is 13.2. The Morgan fingerprint density at radius 1 is 1.26 bits per heavy atom. The second-order valence-corrected chi connectivity index (χ2v) is 4.15. The van der Waals surface area contributed by atoms with Crippen LogP contribution >= 0.6 is 0 Å². The minimum Gasteiger partial charge on any atom is -0.486 e. The molecule has 0 fully saturated rings. The van der Waals surface area contributed by atoms with Crippen molar-refractivity contribution >= 4 is 11.6 Å². The van der Waals surface area contributed by atoms with Crippen LogP contribution in [0.5, 0.6) is 11.5 Å². The Morgan fingerprint density at radius 2 is 2.05 bits per heavy atom. The van der Waals surface area contributed by atoms with Crippen LogP contribution in [0.4, 0.5) is 5.69 Å². The number of hydrogen-bond donors (Lipinski definition) is 1. The minimum atomic E-state index is -0.341. The first-order chi connectivity index (χ1) is 9.24. The predicted molar refractivity (Wildman–Crippen MR) is 66.6 cm³/mol. The smallest absolute Gasteiger partial charge is 0.294 e. The van der Waals surface area contributed by atoms with E-state index in [0.29, 0.717) is 36.0 Å². The van der Waals surface area contributed by atoms with Gasteiger partial charge in [0.25, 0.3) is 5.91 Å². The molecule has 3 rings (SSSR count). The van der Waals surface area contributed by atoms with E-state index in [0.717, 1.165) is 0 Å². The molecule has 6 nitrogen and oxygen atoms in total. The lowest BCUT2D eigenvalue weighted by Gasteiger charge is -2.18. The van der Waals surface area contributed by atoms with E-state index in [2.05, 4.69) is 10.5 Å². The SMILES string of the molecule is Cc1cnoc1C(=O)Nc1ccc2c(c1)OCCO2. The van der Waals surface area contributed by atoms with Crippen LogP contribution in [-0.2, 0) is 0 Å². The number of anilines is 1. The molecule has 0 radical (unpaired) electrons. The fourth-order valence-corrected chi connectivity index (χ4v) is 1.82. The van der Waals surface area contributed by atoms with E-state index in [-0.39, 0.29) is 11.7 Å². The van der Waals surface area contributed by atoms with Crippen LogP contribution < -0.4 is 14.8 Å². The van der Waals surface area contributed by atoms with E-state index in [1.807, 2.05) is 0 Å². The Bertz CT molecular complexity index is 621. The van der Waals surface area contributed by atoms with Gasteiger partial charge in [-0.1, -0.05) is 5.16 Å². The summed E-state index contributed by atoms with van der Waals surface area (Å²) >= 11 is 0. The number of hydrogen-bond acceptors (Lipinski definition) is 5. The van der Waals surface area contributed by atoms with Crippen LogP contribution in [0.3, 0.4) is 0 Å². The van der Waals surface area contributed by atoms with E-state index in [4.69, 9.17) is 14.0 Å². The van der Waals surface area contributed by atoms with Crippen molar-refractivity contribution in [1.29, 1.82) is 0 Å². The summed E-state index contributed by atoms with van der Waals surface area (Å²) in [6.07, 6.45) is 1.50. The number of aromatic nitrogens is 1. The largest absolute Gasteiger partial charge is 0.486 e. The molecule has 2 heterocycles. The van der Waals surface area contributed by atoms with Crippen molar-refractivity contribution < 1.29 is 18.8 Å². The van der Waals surface area contributed by atoms with Crippen LogP contribution in [0.15, 0.2) is 28.9 Å². The molecule has 0 saturated heterocycles. The fraction of sp³-hybridized carbons (Fsp3) is 0.231. The monoisotopic (exact) mass is 260 g/mol. The number of nitrogens with zero attached hydrogens (tertiary/aromatic N) is 1. The van der Waals surface area contributed by atoms with Gasteiger partial charge in [0.1, 0.15) is 13.2 Å². The number of rotatable bonds is 2. The molecule has 0 saturated carbocycles. The Morgan fingerprint density at radius 3 is 2.79 bits per heavy atom. The highest BCUT2D eigenvalue weighted by Gasteiger charge is 2.16. The summed E-state index contributed by atoms with van der Waals surface area (Å²) in [6, 6.07) is 5.23. The molecule has 1 N–H and O–H groups in total. The summed E-state index contributed by atoms with van der Waals surface area (Å²) in [5.74, 6) is 1.17. The van der Waals surface area contributed by atoms with Gasteiger partial charge in [0.2, 0.25) is 5.76 Å². The quantitative estimate of drug-likeness (QED) is 0.894. The van der Waals surface area contributed by atoms with Gasteiger partial charge >= 0.3 is 0 Å². The summed E-state index contributed by atoms with van der Waals surface area (Å²) in [5.41, 5.74) is 1.31. The molecule has 0 aliphatic carbocycles. The topological polar surface area (TPSA) is 73.6 Å². The average Bonchev–Trinajstić information content (AvgIpc) is 2.85. The molecule has 19 heavy (non-hydrogen) atoms. The number of carbonyl (C=O) groups is 1. The van der Waals surface area contributed by atoms with Crippen molar-refractivity contribution in [3.05, 3.63) is 35.7 Å². The van der Waals surface area contributed by atoms with Crippen LogP contribution in [-0.4, -0.2) is 24.3 Å². The molecule has 98 valence electrons. The maximum absolute atomic E-state index is 11.9. The molecule has 0 unspecified atom stereocenters. The molecule has 0 atom stereocenters. The lowest BCUT2D eigenvalue weighted by molar-refractivity contribution is 0.0987. The van der Waals surface area contributed by atoms with Gasteiger partial charge in [-0.25, -0.2) is 0 Å². The fourth-order valence-electron chi connectivity index (χ4n) is 1.82. The summed E-state index contributed by atoms with van der Waals surface area (Å²) in [7, 11) is 0. The molecule has 1 aromatic carbocycles. The molecule has 1 aliphatic heterocycles. The molecule has 2 aromatic rings. The third kappa shape index (κ3) is 2.24. The summed E-state index contributed by atoms with van der Waals surface area (Å²) in [4.78, 5) is 11.9. The molecule has 1 aromatic heterocycles. The Balaban J connectivity index is 1.80. The molecule has 1 aliphatic rings. The first-order valence-electron chi connectivity index (χ1n) is 5.86. The average molecular weight is 260 g/mol. The maximum Gasteiger partial charge on any atom is 0.294 e. The molecule has 0 bridgehead atoms. The lowest BCUT2D eigenvalue weighted by atomic mass is 10.2.